The molecule has 0 aromatic carbocycles. The van der Waals surface area contributed by atoms with Gasteiger partial charge in [0.1, 0.15) is 5.69 Å². The standard InChI is InChI=1S/C13H21N5O/c14-11-8-15-16-12(11)13(19)18-7-3-4-10(9-18)17-5-1-2-6-17/h8,10H,1-7,9,14H2,(H,15,16). The number of nitrogens with one attached hydrogen (secondary N) is 1. The lowest BCUT2D eigenvalue weighted by molar-refractivity contribution is 0.0603. The zero-order valence-electron chi connectivity index (χ0n) is 11.1. The Morgan fingerprint density at radius 1 is 1.32 bits per heavy atom. The van der Waals surface area contributed by atoms with Gasteiger partial charge in [-0.1, -0.05) is 0 Å². The molecule has 0 saturated carbocycles. The van der Waals surface area contributed by atoms with Gasteiger partial charge in [-0.05, 0) is 38.8 Å². The van der Waals surface area contributed by atoms with Crippen molar-refractivity contribution in [3.8, 4) is 0 Å². The van der Waals surface area contributed by atoms with Gasteiger partial charge < -0.3 is 10.6 Å². The Kier molecular flexibility index (Phi) is 3.42. The van der Waals surface area contributed by atoms with E-state index in [-0.39, 0.29) is 5.91 Å². The number of likely N-dealkylation sites (tertiary alicyclic amines) is 2. The minimum Gasteiger partial charge on any atom is -0.396 e. The van der Waals surface area contributed by atoms with Crippen molar-refractivity contribution in [1.29, 1.82) is 0 Å². The van der Waals surface area contributed by atoms with Gasteiger partial charge in [-0.3, -0.25) is 14.8 Å². The van der Waals surface area contributed by atoms with Crippen molar-refractivity contribution in [3.63, 3.8) is 0 Å². The molecule has 2 aliphatic rings. The fourth-order valence-corrected chi connectivity index (χ4v) is 3.17. The van der Waals surface area contributed by atoms with Gasteiger partial charge in [-0.25, -0.2) is 0 Å². The van der Waals surface area contributed by atoms with Crippen molar-refractivity contribution in [1.82, 2.24) is 20.0 Å². The van der Waals surface area contributed by atoms with Crippen LogP contribution in [0.2, 0.25) is 0 Å². The predicted octanol–water partition coefficient (Wildman–Crippen LogP) is 0.692. The van der Waals surface area contributed by atoms with Gasteiger partial charge in [0.05, 0.1) is 11.9 Å². The van der Waals surface area contributed by atoms with E-state index in [1.54, 1.807) is 0 Å². The molecule has 104 valence electrons. The van der Waals surface area contributed by atoms with Crippen molar-refractivity contribution in [2.75, 3.05) is 31.9 Å². The summed E-state index contributed by atoms with van der Waals surface area (Å²) in [6, 6.07) is 0.518. The number of carbonyl (C=O) groups is 1. The molecule has 0 radical (unpaired) electrons. The van der Waals surface area contributed by atoms with Crippen molar-refractivity contribution < 1.29 is 4.79 Å². The zero-order chi connectivity index (χ0) is 13.2. The van der Waals surface area contributed by atoms with Gasteiger partial charge >= 0.3 is 0 Å². The second-order valence-electron chi connectivity index (χ2n) is 5.49. The van der Waals surface area contributed by atoms with Crippen LogP contribution in [0.4, 0.5) is 5.69 Å². The molecule has 3 N–H and O–H groups in total. The fraction of sp³-hybridized carbons (Fsp3) is 0.692. The van der Waals surface area contributed by atoms with Crippen molar-refractivity contribution in [2.45, 2.75) is 31.7 Å². The third kappa shape index (κ3) is 2.45. The highest BCUT2D eigenvalue weighted by atomic mass is 16.2. The number of nitrogens with zero attached hydrogens (tertiary/aromatic N) is 3. The lowest BCUT2D eigenvalue weighted by Crippen LogP contribution is -2.49. The molecule has 6 nitrogen and oxygen atoms in total. The molecule has 1 aromatic heterocycles. The number of hydrogen-bond donors (Lipinski definition) is 2. The van der Waals surface area contributed by atoms with E-state index in [4.69, 9.17) is 5.73 Å². The monoisotopic (exact) mass is 263 g/mol. The number of rotatable bonds is 2. The summed E-state index contributed by atoms with van der Waals surface area (Å²) in [5, 5.41) is 6.53. The second-order valence-corrected chi connectivity index (χ2v) is 5.49. The Balaban J connectivity index is 1.67. The smallest absolute Gasteiger partial charge is 0.274 e. The second kappa shape index (κ2) is 5.21. The summed E-state index contributed by atoms with van der Waals surface area (Å²) in [5.74, 6) is -0.0149. The van der Waals surface area contributed by atoms with E-state index in [2.05, 4.69) is 15.1 Å². The number of nitrogen functional groups attached to an aromatic ring is 1. The van der Waals surface area contributed by atoms with Gasteiger partial charge in [-0.15, -0.1) is 0 Å². The molecule has 3 heterocycles. The molecule has 2 fully saturated rings. The highest BCUT2D eigenvalue weighted by Crippen LogP contribution is 2.22. The maximum absolute atomic E-state index is 12.4. The van der Waals surface area contributed by atoms with Crippen LogP contribution < -0.4 is 5.73 Å². The SMILES string of the molecule is Nc1cn[nH]c1C(=O)N1CCCC(N2CCCC2)C1. The molecule has 3 rings (SSSR count). The highest BCUT2D eigenvalue weighted by molar-refractivity contribution is 5.97. The highest BCUT2D eigenvalue weighted by Gasteiger charge is 2.30. The first-order valence-corrected chi connectivity index (χ1v) is 7.08. The Bertz CT molecular complexity index is 452. The van der Waals surface area contributed by atoms with Crippen LogP contribution in [0.25, 0.3) is 0 Å². The van der Waals surface area contributed by atoms with E-state index in [0.717, 1.165) is 19.5 Å². The molecule has 2 saturated heterocycles. The first-order valence-electron chi connectivity index (χ1n) is 7.08. The van der Waals surface area contributed by atoms with Crippen LogP contribution in [0.5, 0.6) is 0 Å². The minimum atomic E-state index is -0.0149. The molecule has 0 spiro atoms. The molecule has 2 aliphatic heterocycles. The number of aromatic amines is 1. The number of anilines is 1. The summed E-state index contributed by atoms with van der Waals surface area (Å²) >= 11 is 0. The third-order valence-electron chi connectivity index (χ3n) is 4.22. The van der Waals surface area contributed by atoms with Crippen molar-refractivity contribution in [3.05, 3.63) is 11.9 Å². The van der Waals surface area contributed by atoms with E-state index < -0.39 is 0 Å². The van der Waals surface area contributed by atoms with Gasteiger partial charge in [0.2, 0.25) is 0 Å². The molecule has 0 aliphatic carbocycles. The van der Waals surface area contributed by atoms with Crippen molar-refractivity contribution >= 4 is 11.6 Å². The molecule has 1 aromatic rings. The zero-order valence-corrected chi connectivity index (χ0v) is 11.1. The van der Waals surface area contributed by atoms with E-state index in [9.17, 15) is 4.79 Å². The van der Waals surface area contributed by atoms with Crippen LogP contribution in [0.15, 0.2) is 6.20 Å². The number of amides is 1. The quantitative estimate of drug-likeness (QED) is 0.823. The van der Waals surface area contributed by atoms with Crippen molar-refractivity contribution in [2.24, 2.45) is 0 Å². The lowest BCUT2D eigenvalue weighted by atomic mass is 10.0. The Morgan fingerprint density at radius 3 is 2.79 bits per heavy atom. The fourth-order valence-electron chi connectivity index (χ4n) is 3.17. The van der Waals surface area contributed by atoms with Gasteiger partial charge in [0.25, 0.3) is 5.91 Å². The summed E-state index contributed by atoms with van der Waals surface area (Å²) < 4.78 is 0. The number of aromatic nitrogens is 2. The molecular formula is C13H21N5O. The summed E-state index contributed by atoms with van der Waals surface area (Å²) in [4.78, 5) is 16.8. The number of piperidine rings is 1. The average molecular weight is 263 g/mol. The molecule has 6 heteroatoms. The molecular weight excluding hydrogens is 242 g/mol. The third-order valence-corrected chi connectivity index (χ3v) is 4.22. The Labute approximate surface area is 112 Å². The summed E-state index contributed by atoms with van der Waals surface area (Å²) in [7, 11) is 0. The van der Waals surface area contributed by atoms with E-state index >= 15 is 0 Å². The maximum Gasteiger partial charge on any atom is 0.274 e. The Morgan fingerprint density at radius 2 is 2.11 bits per heavy atom. The van der Waals surface area contributed by atoms with Gasteiger partial charge in [-0.2, -0.15) is 5.10 Å². The first-order chi connectivity index (χ1) is 9.25. The largest absolute Gasteiger partial charge is 0.396 e. The summed E-state index contributed by atoms with van der Waals surface area (Å²) in [6.07, 6.45) is 6.34. The van der Waals surface area contributed by atoms with Crippen LogP contribution in [0.1, 0.15) is 36.2 Å². The van der Waals surface area contributed by atoms with Crippen LogP contribution in [0.3, 0.4) is 0 Å². The molecule has 1 amide bonds. The average Bonchev–Trinajstić information content (AvgIpc) is 3.09. The van der Waals surface area contributed by atoms with E-state index in [1.165, 1.54) is 38.5 Å². The van der Waals surface area contributed by atoms with Crippen LogP contribution in [-0.2, 0) is 0 Å². The Hall–Kier alpha value is -1.56. The number of carbonyl (C=O) groups excluding carboxylic acids is 1. The lowest BCUT2D eigenvalue weighted by Gasteiger charge is -2.37. The van der Waals surface area contributed by atoms with Crippen LogP contribution in [-0.4, -0.2) is 58.1 Å². The number of nitrogens with two attached hydrogens (primary N) is 1. The molecule has 0 bridgehead atoms. The van der Waals surface area contributed by atoms with E-state index in [1.807, 2.05) is 4.90 Å². The topological polar surface area (TPSA) is 78.2 Å². The molecule has 1 atom stereocenters. The van der Waals surface area contributed by atoms with Gasteiger partial charge in [0.15, 0.2) is 0 Å². The van der Waals surface area contributed by atoms with Crippen LogP contribution >= 0.6 is 0 Å². The maximum atomic E-state index is 12.4. The molecule has 1 unspecified atom stereocenters. The van der Waals surface area contributed by atoms with Gasteiger partial charge in [0, 0.05) is 19.1 Å². The van der Waals surface area contributed by atoms with E-state index in [0.29, 0.717) is 17.4 Å². The number of hydrogen-bond acceptors (Lipinski definition) is 4. The normalized spacial score (nSPS) is 24.8. The summed E-state index contributed by atoms with van der Waals surface area (Å²) in [6.45, 7) is 4.00. The predicted molar refractivity (Wildman–Crippen MR) is 72.7 cm³/mol. The minimum absolute atomic E-state index is 0.0149. The summed E-state index contributed by atoms with van der Waals surface area (Å²) in [5.41, 5.74) is 6.62. The number of H-pyrrole nitrogens is 1. The molecule has 19 heavy (non-hydrogen) atoms. The first kappa shape index (κ1) is 12.5. The van der Waals surface area contributed by atoms with Crippen LogP contribution in [0, 0.1) is 0 Å².